The van der Waals surface area contributed by atoms with Crippen LogP contribution >= 0.6 is 11.8 Å². The average Bonchev–Trinajstić information content (AvgIpc) is 2.79. The number of hydrogen-bond donors (Lipinski definition) is 2. The molecular weight excluding hydrogens is 276 g/mol. The van der Waals surface area contributed by atoms with Gasteiger partial charge >= 0.3 is 5.97 Å². The number of thioether (sulfide) groups is 1. The lowest BCUT2D eigenvalue weighted by Gasteiger charge is -2.20. The minimum atomic E-state index is -3.77. The van der Waals surface area contributed by atoms with Crippen molar-refractivity contribution in [3.05, 3.63) is 24.3 Å². The molecule has 0 bridgehead atoms. The number of carboxylic acids is 1. The molecule has 6 nitrogen and oxygen atoms in total. The molecule has 0 spiro atoms. The summed E-state index contributed by atoms with van der Waals surface area (Å²) in [5.74, 6) is -0.665. The summed E-state index contributed by atoms with van der Waals surface area (Å²) in [6, 6.07) is 5.72. The molecule has 0 aliphatic carbocycles. The van der Waals surface area contributed by atoms with E-state index in [-0.39, 0.29) is 11.4 Å². The summed E-state index contributed by atoms with van der Waals surface area (Å²) in [5.41, 5.74) is 5.95. The Bertz CT molecular complexity index is 556. The second-order valence-electron chi connectivity index (χ2n) is 3.75. The van der Waals surface area contributed by atoms with Crippen molar-refractivity contribution in [2.45, 2.75) is 10.3 Å². The highest BCUT2D eigenvalue weighted by atomic mass is 32.2. The summed E-state index contributed by atoms with van der Waals surface area (Å²) in [6.45, 7) is 0.203. The number of nitrogens with zero attached hydrogens (tertiary/aromatic N) is 1. The van der Waals surface area contributed by atoms with Crippen LogP contribution in [0.4, 0.5) is 5.69 Å². The zero-order chi connectivity index (χ0) is 13.3. The Morgan fingerprint density at radius 2 is 2.00 bits per heavy atom. The maximum absolute atomic E-state index is 12.3. The molecule has 98 valence electrons. The van der Waals surface area contributed by atoms with Crippen molar-refractivity contribution in [3.8, 4) is 0 Å². The molecular formula is C10H12N2O4S2. The first-order chi connectivity index (χ1) is 8.43. The number of sulfonamides is 1. The summed E-state index contributed by atoms with van der Waals surface area (Å²) in [4.78, 5) is 11.1. The lowest BCUT2D eigenvalue weighted by Crippen LogP contribution is -2.39. The quantitative estimate of drug-likeness (QED) is 0.782. The van der Waals surface area contributed by atoms with Crippen molar-refractivity contribution < 1.29 is 18.3 Å². The van der Waals surface area contributed by atoms with Gasteiger partial charge in [-0.2, -0.15) is 4.31 Å². The van der Waals surface area contributed by atoms with Gasteiger partial charge in [0.25, 0.3) is 0 Å². The Balaban J connectivity index is 2.36. The van der Waals surface area contributed by atoms with Crippen molar-refractivity contribution in [1.29, 1.82) is 0 Å². The van der Waals surface area contributed by atoms with Crippen LogP contribution in [0.2, 0.25) is 0 Å². The van der Waals surface area contributed by atoms with Gasteiger partial charge in [0, 0.05) is 18.0 Å². The number of carboxylic acid groups (broad SMARTS) is 1. The highest BCUT2D eigenvalue weighted by molar-refractivity contribution is 8.02. The molecule has 1 unspecified atom stereocenters. The number of aliphatic carboxylic acids is 1. The Labute approximate surface area is 109 Å². The fourth-order valence-electron chi connectivity index (χ4n) is 1.67. The molecule has 0 radical (unpaired) electrons. The van der Waals surface area contributed by atoms with Crippen LogP contribution in [0.5, 0.6) is 0 Å². The van der Waals surface area contributed by atoms with E-state index in [0.29, 0.717) is 11.4 Å². The lowest BCUT2D eigenvalue weighted by molar-refractivity contribution is -0.138. The van der Waals surface area contributed by atoms with Gasteiger partial charge in [-0.1, -0.05) is 0 Å². The van der Waals surface area contributed by atoms with Crippen LogP contribution in [0.1, 0.15) is 0 Å². The van der Waals surface area contributed by atoms with Crippen LogP contribution in [0.15, 0.2) is 29.2 Å². The number of benzene rings is 1. The monoisotopic (exact) mass is 288 g/mol. The molecule has 1 fully saturated rings. The standard InChI is InChI=1S/C10H12N2O4S2/c11-7-1-3-8(4-2-7)18(15,16)12-5-6-17-9(12)10(13)14/h1-4,9H,5-6,11H2,(H,13,14). The SMILES string of the molecule is Nc1ccc(S(=O)(=O)N2CCSC2C(=O)O)cc1. The number of nitrogens with two attached hydrogens (primary N) is 1. The van der Waals surface area contributed by atoms with E-state index in [1.54, 1.807) is 0 Å². The third-order valence-electron chi connectivity index (χ3n) is 2.55. The van der Waals surface area contributed by atoms with Gasteiger partial charge in [-0.3, -0.25) is 0 Å². The molecule has 18 heavy (non-hydrogen) atoms. The maximum Gasteiger partial charge on any atom is 0.332 e. The molecule has 3 N–H and O–H groups in total. The smallest absolute Gasteiger partial charge is 0.332 e. The van der Waals surface area contributed by atoms with Gasteiger partial charge in [0.2, 0.25) is 10.0 Å². The van der Waals surface area contributed by atoms with Gasteiger partial charge in [0.15, 0.2) is 5.37 Å². The third-order valence-corrected chi connectivity index (χ3v) is 5.75. The molecule has 1 aliphatic heterocycles. The van der Waals surface area contributed by atoms with Crippen LogP contribution in [-0.4, -0.2) is 41.5 Å². The minimum absolute atomic E-state index is 0.0606. The Morgan fingerprint density at radius 3 is 2.56 bits per heavy atom. The number of nitrogen functional groups attached to an aromatic ring is 1. The van der Waals surface area contributed by atoms with E-state index >= 15 is 0 Å². The van der Waals surface area contributed by atoms with Crippen molar-refractivity contribution in [2.75, 3.05) is 18.0 Å². The van der Waals surface area contributed by atoms with E-state index < -0.39 is 21.4 Å². The summed E-state index contributed by atoms with van der Waals surface area (Å²) in [7, 11) is -3.77. The van der Waals surface area contributed by atoms with Gasteiger partial charge in [-0.25, -0.2) is 13.2 Å². The third kappa shape index (κ3) is 2.31. The predicted molar refractivity (Wildman–Crippen MR) is 68.6 cm³/mol. The van der Waals surface area contributed by atoms with Crippen LogP contribution in [0.25, 0.3) is 0 Å². The lowest BCUT2D eigenvalue weighted by atomic mass is 10.3. The topological polar surface area (TPSA) is 101 Å². The molecule has 0 amide bonds. The largest absolute Gasteiger partial charge is 0.479 e. The summed E-state index contributed by atoms with van der Waals surface area (Å²) < 4.78 is 25.5. The molecule has 1 heterocycles. The Morgan fingerprint density at radius 1 is 1.39 bits per heavy atom. The first-order valence-corrected chi connectivity index (χ1v) is 7.63. The zero-order valence-electron chi connectivity index (χ0n) is 9.31. The second kappa shape index (κ2) is 4.79. The van der Waals surface area contributed by atoms with Gasteiger partial charge in [-0.15, -0.1) is 11.8 Å². The van der Waals surface area contributed by atoms with E-state index in [1.807, 2.05) is 0 Å². The normalized spacial score (nSPS) is 21.0. The molecule has 2 rings (SSSR count). The van der Waals surface area contributed by atoms with E-state index in [9.17, 15) is 13.2 Å². The molecule has 1 atom stereocenters. The van der Waals surface area contributed by atoms with Crippen LogP contribution < -0.4 is 5.73 Å². The molecule has 8 heteroatoms. The highest BCUT2D eigenvalue weighted by Gasteiger charge is 2.40. The van der Waals surface area contributed by atoms with Crippen LogP contribution in [0.3, 0.4) is 0 Å². The predicted octanol–water partition coefficient (Wildman–Crippen LogP) is 0.417. The van der Waals surface area contributed by atoms with Crippen molar-refractivity contribution in [3.63, 3.8) is 0 Å². The number of rotatable bonds is 3. The molecule has 0 aromatic heterocycles. The van der Waals surface area contributed by atoms with E-state index in [4.69, 9.17) is 10.8 Å². The maximum atomic E-state index is 12.3. The van der Waals surface area contributed by atoms with Crippen LogP contribution in [0, 0.1) is 0 Å². The van der Waals surface area contributed by atoms with Gasteiger partial charge in [0.05, 0.1) is 4.90 Å². The summed E-state index contributed by atoms with van der Waals surface area (Å²) >= 11 is 1.11. The molecule has 0 saturated carbocycles. The van der Waals surface area contributed by atoms with E-state index in [1.165, 1.54) is 24.3 Å². The summed E-state index contributed by atoms with van der Waals surface area (Å²) in [5, 5.41) is 7.94. The number of anilines is 1. The molecule has 1 aliphatic rings. The van der Waals surface area contributed by atoms with E-state index in [2.05, 4.69) is 0 Å². The number of carbonyl (C=O) groups is 1. The molecule has 1 saturated heterocycles. The van der Waals surface area contributed by atoms with Gasteiger partial charge < -0.3 is 10.8 Å². The van der Waals surface area contributed by atoms with Crippen molar-refractivity contribution in [2.24, 2.45) is 0 Å². The fraction of sp³-hybridized carbons (Fsp3) is 0.300. The second-order valence-corrected chi connectivity index (χ2v) is 6.82. The highest BCUT2D eigenvalue weighted by Crippen LogP contribution is 2.30. The molecule has 1 aromatic carbocycles. The van der Waals surface area contributed by atoms with Crippen LogP contribution in [-0.2, 0) is 14.8 Å². The zero-order valence-corrected chi connectivity index (χ0v) is 10.9. The van der Waals surface area contributed by atoms with Crippen molar-refractivity contribution in [1.82, 2.24) is 4.31 Å². The first-order valence-electron chi connectivity index (χ1n) is 5.15. The Hall–Kier alpha value is -1.25. The summed E-state index contributed by atoms with van der Waals surface area (Å²) in [6.07, 6.45) is 0. The number of hydrogen-bond acceptors (Lipinski definition) is 5. The first kappa shape index (κ1) is 13.2. The van der Waals surface area contributed by atoms with Gasteiger partial charge in [-0.05, 0) is 24.3 Å². The Kier molecular flexibility index (Phi) is 3.51. The molecule has 1 aromatic rings. The fourth-order valence-corrected chi connectivity index (χ4v) is 4.67. The average molecular weight is 288 g/mol. The van der Waals surface area contributed by atoms with Crippen molar-refractivity contribution >= 4 is 33.4 Å². The minimum Gasteiger partial charge on any atom is -0.479 e. The van der Waals surface area contributed by atoms with E-state index in [0.717, 1.165) is 16.1 Å². The van der Waals surface area contributed by atoms with Gasteiger partial charge in [0.1, 0.15) is 0 Å².